The van der Waals surface area contributed by atoms with Crippen molar-refractivity contribution in [3.8, 4) is 5.75 Å². The summed E-state index contributed by atoms with van der Waals surface area (Å²) in [4.78, 5) is 20.9. The van der Waals surface area contributed by atoms with Gasteiger partial charge in [-0.15, -0.1) is 0 Å². The molecule has 0 spiro atoms. The van der Waals surface area contributed by atoms with E-state index in [0.29, 0.717) is 6.54 Å². The van der Waals surface area contributed by atoms with Crippen LogP contribution < -0.4 is 10.1 Å². The van der Waals surface area contributed by atoms with Crippen LogP contribution in [0.5, 0.6) is 5.75 Å². The molecule has 1 saturated heterocycles. The van der Waals surface area contributed by atoms with Crippen LogP contribution in [-0.2, 0) is 4.79 Å². The lowest BCUT2D eigenvalue weighted by Gasteiger charge is -2.38. The molecule has 1 aliphatic heterocycles. The molecule has 33 heavy (non-hydrogen) atoms. The average molecular weight is 449 g/mol. The number of aromatic nitrogens is 1. The van der Waals surface area contributed by atoms with Gasteiger partial charge in [-0.25, -0.2) is 0 Å². The fourth-order valence-corrected chi connectivity index (χ4v) is 4.56. The minimum absolute atomic E-state index is 0.0294. The molecule has 2 aliphatic rings. The molecular formula is C26H32N4O3. The van der Waals surface area contributed by atoms with Crippen LogP contribution in [0.3, 0.4) is 0 Å². The lowest BCUT2D eigenvalue weighted by Crippen LogP contribution is -2.49. The molecule has 174 valence electrons. The Bertz CT molecular complexity index is 1120. The van der Waals surface area contributed by atoms with E-state index in [0.717, 1.165) is 40.8 Å². The van der Waals surface area contributed by atoms with Gasteiger partial charge in [0.25, 0.3) is 0 Å². The van der Waals surface area contributed by atoms with Crippen molar-refractivity contribution in [1.29, 1.82) is 0 Å². The number of methoxy groups -OCH3 is 1. The van der Waals surface area contributed by atoms with Gasteiger partial charge in [0.2, 0.25) is 5.91 Å². The smallest absolute Gasteiger partial charge is 0.244 e. The molecule has 1 fully saturated rings. The van der Waals surface area contributed by atoms with Crippen LogP contribution in [0.1, 0.15) is 33.6 Å². The number of anilines is 1. The van der Waals surface area contributed by atoms with Crippen molar-refractivity contribution in [2.45, 2.75) is 45.3 Å². The first-order valence-electron chi connectivity index (χ1n) is 11.4. The number of hydrogen-bond acceptors (Lipinski definition) is 6. The number of pyridine rings is 1. The molecule has 0 radical (unpaired) electrons. The van der Waals surface area contributed by atoms with Gasteiger partial charge in [0.15, 0.2) is 5.88 Å². The Morgan fingerprint density at radius 2 is 2.06 bits per heavy atom. The van der Waals surface area contributed by atoms with Crippen molar-refractivity contribution in [3.05, 3.63) is 66.2 Å². The topological polar surface area (TPSA) is 77.9 Å². The van der Waals surface area contributed by atoms with Crippen molar-refractivity contribution < 1.29 is 14.6 Å². The standard InChI is InChI=1S/C26H32N4O3/c1-18(28-22-16-21(33-4)15-20-12-7-13-27-24(20)22)9-8-14-29-23(31)17-30(26(29,2)3)25(32)19-10-5-6-11-19/h5-7,10-13,15-16,18,28,32H,8-9,14,17H2,1-4H3. The summed E-state index contributed by atoms with van der Waals surface area (Å²) >= 11 is 0. The number of allylic oxidation sites excluding steroid dienone is 5. The summed E-state index contributed by atoms with van der Waals surface area (Å²) in [6.07, 6.45) is 11.0. The third kappa shape index (κ3) is 4.53. The van der Waals surface area contributed by atoms with Crippen LogP contribution in [0.15, 0.2) is 66.2 Å². The van der Waals surface area contributed by atoms with E-state index in [9.17, 15) is 9.90 Å². The highest BCUT2D eigenvalue weighted by molar-refractivity contribution is 5.92. The van der Waals surface area contributed by atoms with Crippen molar-refractivity contribution >= 4 is 22.5 Å². The first kappa shape index (κ1) is 22.7. The van der Waals surface area contributed by atoms with Crippen molar-refractivity contribution in [2.24, 2.45) is 0 Å². The summed E-state index contributed by atoms with van der Waals surface area (Å²) in [7, 11) is 1.66. The van der Waals surface area contributed by atoms with Gasteiger partial charge >= 0.3 is 0 Å². The molecule has 7 heteroatoms. The third-order valence-electron chi connectivity index (χ3n) is 6.43. The molecule has 1 aliphatic carbocycles. The lowest BCUT2D eigenvalue weighted by atomic mass is 10.1. The Balaban J connectivity index is 1.39. The number of rotatable bonds is 8. The average Bonchev–Trinajstić information content (AvgIpc) is 3.41. The van der Waals surface area contributed by atoms with E-state index in [2.05, 4.69) is 17.2 Å². The number of carbonyl (C=O) groups is 1. The first-order chi connectivity index (χ1) is 15.8. The second-order valence-electron chi connectivity index (χ2n) is 9.06. The van der Waals surface area contributed by atoms with Crippen LogP contribution in [0.2, 0.25) is 0 Å². The number of aliphatic hydroxyl groups is 1. The SMILES string of the molecule is COc1cc(NC(C)CCCN2C(=O)CN(C(O)=C3C=CC=C3)C2(C)C)c2ncccc2c1. The van der Waals surface area contributed by atoms with Gasteiger partial charge in [-0.2, -0.15) is 0 Å². The summed E-state index contributed by atoms with van der Waals surface area (Å²) in [6.45, 7) is 6.89. The van der Waals surface area contributed by atoms with E-state index >= 15 is 0 Å². The lowest BCUT2D eigenvalue weighted by molar-refractivity contribution is -0.130. The summed E-state index contributed by atoms with van der Waals surface area (Å²) in [6, 6.07) is 8.07. The maximum Gasteiger partial charge on any atom is 0.244 e. The summed E-state index contributed by atoms with van der Waals surface area (Å²) < 4.78 is 5.44. The predicted molar refractivity (Wildman–Crippen MR) is 131 cm³/mol. The normalized spacial score (nSPS) is 17.8. The number of fused-ring (bicyclic) bond motifs is 1. The molecular weight excluding hydrogens is 416 g/mol. The zero-order valence-corrected chi connectivity index (χ0v) is 19.7. The molecule has 2 heterocycles. The van der Waals surface area contributed by atoms with Gasteiger partial charge < -0.3 is 25.0 Å². The maximum atomic E-state index is 12.8. The van der Waals surface area contributed by atoms with Gasteiger partial charge in [0, 0.05) is 35.8 Å². The largest absolute Gasteiger partial charge is 0.497 e. The summed E-state index contributed by atoms with van der Waals surface area (Å²) in [5.41, 5.74) is 1.99. The highest BCUT2D eigenvalue weighted by Crippen LogP contribution is 2.33. The van der Waals surface area contributed by atoms with Crippen molar-refractivity contribution in [3.63, 3.8) is 0 Å². The molecule has 0 saturated carbocycles. The Morgan fingerprint density at radius 3 is 2.79 bits per heavy atom. The van der Waals surface area contributed by atoms with E-state index in [1.54, 1.807) is 18.2 Å². The van der Waals surface area contributed by atoms with Gasteiger partial charge in [-0.3, -0.25) is 9.78 Å². The number of amides is 1. The van der Waals surface area contributed by atoms with Crippen molar-refractivity contribution in [1.82, 2.24) is 14.8 Å². The second kappa shape index (κ2) is 9.17. The zero-order chi connectivity index (χ0) is 23.6. The highest BCUT2D eigenvalue weighted by Gasteiger charge is 2.45. The van der Waals surface area contributed by atoms with Gasteiger partial charge in [-0.05, 0) is 57.9 Å². The summed E-state index contributed by atoms with van der Waals surface area (Å²) in [5.74, 6) is 0.964. The van der Waals surface area contributed by atoms with Gasteiger partial charge in [0.05, 0.1) is 18.3 Å². The van der Waals surface area contributed by atoms with E-state index in [4.69, 9.17) is 4.74 Å². The fourth-order valence-electron chi connectivity index (χ4n) is 4.56. The van der Waals surface area contributed by atoms with Crippen molar-refractivity contribution in [2.75, 3.05) is 25.5 Å². The number of nitrogens with zero attached hydrogens (tertiary/aromatic N) is 3. The second-order valence-corrected chi connectivity index (χ2v) is 9.06. The molecule has 2 N–H and O–H groups in total. The van der Waals surface area contributed by atoms with Gasteiger partial charge in [0.1, 0.15) is 18.0 Å². The number of hydrogen-bond donors (Lipinski definition) is 2. The number of benzene rings is 1. The number of ether oxygens (including phenoxy) is 1. The molecule has 2 aromatic rings. The molecule has 7 nitrogen and oxygen atoms in total. The minimum atomic E-state index is -0.595. The zero-order valence-electron chi connectivity index (χ0n) is 19.7. The molecule has 1 aromatic heterocycles. The van der Waals surface area contributed by atoms with Crippen LogP contribution in [-0.4, -0.2) is 57.7 Å². The van der Waals surface area contributed by atoms with Crippen LogP contribution >= 0.6 is 0 Å². The molecule has 1 aromatic carbocycles. The van der Waals surface area contributed by atoms with E-state index in [1.807, 2.05) is 67.3 Å². The van der Waals surface area contributed by atoms with E-state index in [-0.39, 0.29) is 24.4 Å². The maximum absolute atomic E-state index is 12.8. The fraction of sp³-hybridized carbons (Fsp3) is 0.385. The molecule has 1 atom stereocenters. The third-order valence-corrected chi connectivity index (χ3v) is 6.43. The number of aliphatic hydroxyl groups excluding tert-OH is 1. The Morgan fingerprint density at radius 1 is 1.30 bits per heavy atom. The van der Waals surface area contributed by atoms with Crippen LogP contribution in [0, 0.1) is 0 Å². The van der Waals surface area contributed by atoms with Crippen LogP contribution in [0.4, 0.5) is 5.69 Å². The number of nitrogens with one attached hydrogen (secondary N) is 1. The van der Waals surface area contributed by atoms with E-state index < -0.39 is 5.66 Å². The molecule has 0 bridgehead atoms. The molecule has 1 unspecified atom stereocenters. The van der Waals surface area contributed by atoms with E-state index in [1.165, 1.54) is 0 Å². The highest BCUT2D eigenvalue weighted by atomic mass is 16.5. The molecule has 4 rings (SSSR count). The molecule has 1 amide bonds. The predicted octanol–water partition coefficient (Wildman–Crippen LogP) is 4.60. The Labute approximate surface area is 195 Å². The summed E-state index contributed by atoms with van der Waals surface area (Å²) in [5, 5.41) is 15.3. The Kier molecular flexibility index (Phi) is 6.31. The first-order valence-corrected chi connectivity index (χ1v) is 11.4. The Hall–Kier alpha value is -3.48. The van der Waals surface area contributed by atoms with Gasteiger partial charge in [-0.1, -0.05) is 18.2 Å². The van der Waals surface area contributed by atoms with Crippen LogP contribution in [0.25, 0.3) is 10.9 Å². The quantitative estimate of drug-likeness (QED) is 0.575. The minimum Gasteiger partial charge on any atom is -0.497 e. The number of carbonyl (C=O) groups excluding carboxylic acids is 1. The monoisotopic (exact) mass is 448 g/mol.